The van der Waals surface area contributed by atoms with Gasteiger partial charge >= 0.3 is 12.0 Å². The summed E-state index contributed by atoms with van der Waals surface area (Å²) in [5, 5.41) is 19.9. The van der Waals surface area contributed by atoms with Crippen LogP contribution in [-0.2, 0) is 14.6 Å². The highest BCUT2D eigenvalue weighted by Gasteiger charge is 2.32. The van der Waals surface area contributed by atoms with Crippen LogP contribution in [0.5, 0.6) is 0 Å². The molecule has 2 unspecified atom stereocenters. The summed E-state index contributed by atoms with van der Waals surface area (Å²) in [5.41, 5.74) is 0. The van der Waals surface area contributed by atoms with E-state index in [2.05, 4.69) is 5.32 Å². The number of aliphatic carboxylic acids is 1. The number of carbonyl (C=O) groups is 2. The number of rotatable bonds is 5. The average Bonchev–Trinajstić information content (AvgIpc) is 2.68. The van der Waals surface area contributed by atoms with Crippen LogP contribution >= 0.6 is 0 Å². The lowest BCUT2D eigenvalue weighted by Gasteiger charge is -2.23. The molecule has 0 bridgehead atoms. The third-order valence-electron chi connectivity index (χ3n) is 3.06. The molecule has 1 fully saturated rings. The molecule has 9 heteroatoms. The zero-order valence-electron chi connectivity index (χ0n) is 10.6. The Balaban J connectivity index is 2.36. The van der Waals surface area contributed by atoms with Gasteiger partial charge in [0.2, 0.25) is 0 Å². The topological polar surface area (TPSA) is 124 Å². The van der Waals surface area contributed by atoms with Gasteiger partial charge in [0.25, 0.3) is 0 Å². The monoisotopic (exact) mass is 294 g/mol. The third-order valence-corrected chi connectivity index (χ3v) is 4.81. The first-order valence-electron chi connectivity index (χ1n) is 5.85. The van der Waals surface area contributed by atoms with Crippen LogP contribution in [0.2, 0.25) is 0 Å². The number of nitrogens with one attached hydrogen (secondary N) is 1. The third kappa shape index (κ3) is 4.67. The fraction of sp³-hybridized carbons (Fsp3) is 0.800. The highest BCUT2D eigenvalue weighted by Crippen LogP contribution is 2.16. The molecule has 0 aliphatic carbocycles. The zero-order valence-corrected chi connectivity index (χ0v) is 11.4. The van der Waals surface area contributed by atoms with Crippen molar-refractivity contribution in [3.63, 3.8) is 0 Å². The molecule has 2 amide bonds. The van der Waals surface area contributed by atoms with Crippen molar-refractivity contribution in [2.24, 2.45) is 0 Å². The molecule has 2 atom stereocenters. The number of urea groups is 1. The lowest BCUT2D eigenvalue weighted by Crippen LogP contribution is -2.45. The van der Waals surface area contributed by atoms with Crippen molar-refractivity contribution in [1.82, 2.24) is 10.2 Å². The van der Waals surface area contributed by atoms with Crippen LogP contribution in [0.15, 0.2) is 0 Å². The van der Waals surface area contributed by atoms with Crippen LogP contribution < -0.4 is 5.32 Å². The van der Waals surface area contributed by atoms with Crippen molar-refractivity contribution in [3.05, 3.63) is 0 Å². The van der Waals surface area contributed by atoms with Crippen molar-refractivity contribution in [1.29, 1.82) is 0 Å². The summed E-state index contributed by atoms with van der Waals surface area (Å²) in [5.74, 6) is -1.31. The van der Waals surface area contributed by atoms with Gasteiger partial charge in [0.15, 0.2) is 15.9 Å². The van der Waals surface area contributed by atoms with Gasteiger partial charge in [-0.2, -0.15) is 0 Å². The second kappa shape index (κ2) is 6.20. The molecule has 0 aromatic rings. The Labute approximate surface area is 111 Å². The van der Waals surface area contributed by atoms with Gasteiger partial charge in [0, 0.05) is 26.1 Å². The molecule has 1 saturated heterocycles. The maximum absolute atomic E-state index is 11.7. The number of hydrogen-bond donors (Lipinski definition) is 3. The predicted molar refractivity (Wildman–Crippen MR) is 66.5 cm³/mol. The van der Waals surface area contributed by atoms with Gasteiger partial charge in [0.1, 0.15) is 0 Å². The maximum atomic E-state index is 11.7. The van der Waals surface area contributed by atoms with Crippen LogP contribution in [0.4, 0.5) is 4.79 Å². The van der Waals surface area contributed by atoms with E-state index in [1.54, 1.807) is 0 Å². The molecule has 19 heavy (non-hydrogen) atoms. The van der Waals surface area contributed by atoms with Crippen LogP contribution in [-0.4, -0.2) is 72.8 Å². The normalized spacial score (nSPS) is 22.7. The van der Waals surface area contributed by atoms with Crippen LogP contribution in [0.1, 0.15) is 12.8 Å². The summed E-state index contributed by atoms with van der Waals surface area (Å²) in [4.78, 5) is 23.3. The first-order valence-corrected chi connectivity index (χ1v) is 7.67. The van der Waals surface area contributed by atoms with Gasteiger partial charge in [-0.3, -0.25) is 0 Å². The second-order valence-corrected chi connectivity index (χ2v) is 6.77. The molecular formula is C10H18N2O6S. The highest BCUT2D eigenvalue weighted by molar-refractivity contribution is 7.91. The fourth-order valence-electron chi connectivity index (χ4n) is 1.81. The molecule has 1 rings (SSSR count). The molecule has 8 nitrogen and oxygen atoms in total. The van der Waals surface area contributed by atoms with Gasteiger partial charge in [-0.15, -0.1) is 0 Å². The summed E-state index contributed by atoms with van der Waals surface area (Å²) in [7, 11) is -1.56. The van der Waals surface area contributed by atoms with Gasteiger partial charge in [0.05, 0.1) is 11.5 Å². The SMILES string of the molecule is CN(C(=O)NCCC(O)C(=O)O)C1CCS(=O)(=O)C1. The largest absolute Gasteiger partial charge is 0.479 e. The zero-order chi connectivity index (χ0) is 14.6. The Kier molecular flexibility index (Phi) is 5.12. The summed E-state index contributed by atoms with van der Waals surface area (Å²) in [6.45, 7) is 0.0100. The van der Waals surface area contributed by atoms with Gasteiger partial charge < -0.3 is 20.4 Å². The molecule has 3 N–H and O–H groups in total. The van der Waals surface area contributed by atoms with Gasteiger partial charge in [-0.1, -0.05) is 0 Å². The van der Waals surface area contributed by atoms with E-state index in [1.165, 1.54) is 11.9 Å². The Morgan fingerprint density at radius 1 is 1.47 bits per heavy atom. The van der Waals surface area contributed by atoms with E-state index in [9.17, 15) is 18.0 Å². The maximum Gasteiger partial charge on any atom is 0.332 e. The minimum absolute atomic E-state index is 0.0100. The molecule has 110 valence electrons. The van der Waals surface area contributed by atoms with Crippen molar-refractivity contribution in [2.75, 3.05) is 25.1 Å². The predicted octanol–water partition coefficient (Wildman–Crippen LogP) is -1.35. The minimum atomic E-state index is -3.06. The number of sulfone groups is 1. The van der Waals surface area contributed by atoms with E-state index >= 15 is 0 Å². The number of aliphatic hydroxyl groups is 1. The van der Waals surface area contributed by atoms with Gasteiger partial charge in [-0.05, 0) is 6.42 Å². The van der Waals surface area contributed by atoms with E-state index in [0.29, 0.717) is 6.42 Å². The van der Waals surface area contributed by atoms with E-state index in [1.807, 2.05) is 0 Å². The molecule has 1 heterocycles. The number of nitrogens with zero attached hydrogens (tertiary/aromatic N) is 1. The fourth-order valence-corrected chi connectivity index (χ4v) is 3.59. The summed E-state index contributed by atoms with van der Waals surface area (Å²) in [6.07, 6.45) is -1.21. The molecule has 0 aromatic heterocycles. The quantitative estimate of drug-likeness (QED) is 0.576. The molecule has 0 radical (unpaired) electrons. The smallest absolute Gasteiger partial charge is 0.332 e. The Morgan fingerprint density at radius 2 is 2.11 bits per heavy atom. The Bertz CT molecular complexity index is 449. The Hall–Kier alpha value is -1.35. The lowest BCUT2D eigenvalue weighted by atomic mass is 10.2. The van der Waals surface area contributed by atoms with Crippen LogP contribution in [0.3, 0.4) is 0 Å². The van der Waals surface area contributed by atoms with E-state index < -0.39 is 27.9 Å². The molecule has 0 saturated carbocycles. The van der Waals surface area contributed by atoms with Crippen LogP contribution in [0, 0.1) is 0 Å². The molecule has 1 aliphatic rings. The average molecular weight is 294 g/mol. The first-order chi connectivity index (χ1) is 8.73. The standard InChI is InChI=1S/C10H18N2O6S/c1-12(7-3-5-19(17,18)6-7)10(16)11-4-2-8(13)9(14)15/h7-8,13H,2-6H2,1H3,(H,11,16)(H,14,15). The van der Waals surface area contributed by atoms with Crippen molar-refractivity contribution < 1.29 is 28.2 Å². The van der Waals surface area contributed by atoms with E-state index in [-0.39, 0.29) is 30.5 Å². The number of carboxylic acids is 1. The molecule has 0 aromatic carbocycles. The van der Waals surface area contributed by atoms with E-state index in [0.717, 1.165) is 0 Å². The number of aliphatic hydroxyl groups excluding tert-OH is 1. The number of carboxylic acid groups (broad SMARTS) is 1. The first kappa shape index (κ1) is 15.7. The minimum Gasteiger partial charge on any atom is -0.479 e. The number of amides is 2. The second-order valence-electron chi connectivity index (χ2n) is 4.54. The van der Waals surface area contributed by atoms with Gasteiger partial charge in [-0.25, -0.2) is 18.0 Å². The van der Waals surface area contributed by atoms with Crippen molar-refractivity contribution >= 4 is 21.8 Å². The summed E-state index contributed by atoms with van der Waals surface area (Å²) >= 11 is 0. The molecule has 0 spiro atoms. The van der Waals surface area contributed by atoms with Crippen molar-refractivity contribution in [3.8, 4) is 0 Å². The lowest BCUT2D eigenvalue weighted by molar-refractivity contribution is -0.146. The molecule has 1 aliphatic heterocycles. The molecular weight excluding hydrogens is 276 g/mol. The number of hydrogen-bond acceptors (Lipinski definition) is 5. The number of carbonyl (C=O) groups excluding carboxylic acids is 1. The van der Waals surface area contributed by atoms with E-state index in [4.69, 9.17) is 10.2 Å². The Morgan fingerprint density at radius 3 is 2.58 bits per heavy atom. The van der Waals surface area contributed by atoms with Crippen LogP contribution in [0.25, 0.3) is 0 Å². The summed E-state index contributed by atoms with van der Waals surface area (Å²) in [6, 6.07) is -0.825. The highest BCUT2D eigenvalue weighted by atomic mass is 32.2. The van der Waals surface area contributed by atoms with Crippen molar-refractivity contribution in [2.45, 2.75) is 25.0 Å². The summed E-state index contributed by atoms with van der Waals surface area (Å²) < 4.78 is 22.6.